The summed E-state index contributed by atoms with van der Waals surface area (Å²) in [5, 5.41) is 13.6. The van der Waals surface area contributed by atoms with Crippen molar-refractivity contribution in [2.45, 2.75) is 38.7 Å². The lowest BCUT2D eigenvalue weighted by atomic mass is 9.91. The highest BCUT2D eigenvalue weighted by molar-refractivity contribution is 5.97. The van der Waals surface area contributed by atoms with Crippen molar-refractivity contribution in [1.29, 1.82) is 0 Å². The number of rotatable bonds is 5. The number of hydrogen-bond acceptors (Lipinski definition) is 5. The molecule has 0 bridgehead atoms. The molecule has 1 unspecified atom stereocenters. The number of piperidine rings is 1. The van der Waals surface area contributed by atoms with Crippen LogP contribution >= 0.6 is 0 Å². The molecule has 3 N–H and O–H groups in total. The first-order chi connectivity index (χ1) is 13.8. The van der Waals surface area contributed by atoms with Crippen LogP contribution in [-0.4, -0.2) is 63.8 Å². The number of hydrogen-bond donors (Lipinski definition) is 3. The Bertz CT molecular complexity index is 876. The molecule has 2 amide bonds. The summed E-state index contributed by atoms with van der Waals surface area (Å²) in [5.41, 5.74) is 0.655. The van der Waals surface area contributed by atoms with Gasteiger partial charge >= 0.3 is 6.09 Å². The fourth-order valence-corrected chi connectivity index (χ4v) is 4.20. The average Bonchev–Trinajstić information content (AvgIpc) is 3.16. The number of H-pyrrole nitrogens is 1. The van der Waals surface area contributed by atoms with E-state index in [0.29, 0.717) is 31.2 Å². The fourth-order valence-electron chi connectivity index (χ4n) is 4.20. The van der Waals surface area contributed by atoms with Crippen molar-refractivity contribution >= 4 is 22.9 Å². The SMILES string of the molecule is CC(C)(O)COC(=O)N1CCC2(CC1)CC2CNC(=O)c1cc2cnccc2[nH]1. The first-order valence-electron chi connectivity index (χ1n) is 10.1. The van der Waals surface area contributed by atoms with Crippen LogP contribution < -0.4 is 5.32 Å². The molecule has 8 heteroatoms. The normalized spacial score (nSPS) is 20.7. The van der Waals surface area contributed by atoms with Gasteiger partial charge in [0.1, 0.15) is 12.3 Å². The van der Waals surface area contributed by atoms with Crippen LogP contribution in [-0.2, 0) is 4.74 Å². The Labute approximate surface area is 169 Å². The van der Waals surface area contributed by atoms with Crippen LogP contribution in [0.4, 0.5) is 4.79 Å². The summed E-state index contributed by atoms with van der Waals surface area (Å²) < 4.78 is 5.19. The first-order valence-corrected chi connectivity index (χ1v) is 10.1. The standard InChI is InChI=1S/C21H28N4O4/c1-20(2,28)13-29-19(27)25-7-4-21(5-8-25)10-15(21)12-23-18(26)17-9-14-11-22-6-3-16(14)24-17/h3,6,9,11,15,24,28H,4-5,7-8,10,12-13H2,1-2H3,(H,23,26). The van der Waals surface area contributed by atoms with Crippen LogP contribution in [0.3, 0.4) is 0 Å². The lowest BCUT2D eigenvalue weighted by Crippen LogP contribution is -2.42. The van der Waals surface area contributed by atoms with Gasteiger partial charge in [-0.25, -0.2) is 4.79 Å². The molecular weight excluding hydrogens is 372 g/mol. The number of aromatic nitrogens is 2. The minimum atomic E-state index is -1.02. The molecule has 1 aliphatic heterocycles. The van der Waals surface area contributed by atoms with E-state index in [9.17, 15) is 14.7 Å². The third-order valence-electron chi connectivity index (χ3n) is 6.10. The zero-order chi connectivity index (χ0) is 20.6. The van der Waals surface area contributed by atoms with Crippen molar-refractivity contribution < 1.29 is 19.4 Å². The maximum atomic E-state index is 12.5. The van der Waals surface area contributed by atoms with E-state index in [1.807, 2.05) is 12.1 Å². The van der Waals surface area contributed by atoms with Crippen LogP contribution in [0.2, 0.25) is 0 Å². The molecule has 2 aliphatic rings. The van der Waals surface area contributed by atoms with Crippen LogP contribution in [0.15, 0.2) is 24.5 Å². The average molecular weight is 400 g/mol. The van der Waals surface area contributed by atoms with Crippen LogP contribution in [0.25, 0.3) is 10.9 Å². The van der Waals surface area contributed by atoms with Gasteiger partial charge in [0.05, 0.1) is 5.60 Å². The van der Waals surface area contributed by atoms with Gasteiger partial charge in [0.25, 0.3) is 5.91 Å². The summed E-state index contributed by atoms with van der Waals surface area (Å²) in [6, 6.07) is 3.67. The highest BCUT2D eigenvalue weighted by atomic mass is 16.6. The second-order valence-corrected chi connectivity index (χ2v) is 8.97. The van der Waals surface area contributed by atoms with Gasteiger partial charge < -0.3 is 25.0 Å². The van der Waals surface area contributed by atoms with E-state index in [-0.39, 0.29) is 24.0 Å². The number of carbonyl (C=O) groups excluding carboxylic acids is 2. The molecule has 1 aliphatic carbocycles. The van der Waals surface area contributed by atoms with E-state index in [2.05, 4.69) is 15.3 Å². The largest absolute Gasteiger partial charge is 0.446 e. The molecule has 2 fully saturated rings. The third kappa shape index (κ3) is 4.37. The van der Waals surface area contributed by atoms with Crippen molar-refractivity contribution in [1.82, 2.24) is 20.2 Å². The molecule has 0 aromatic carbocycles. The summed E-state index contributed by atoms with van der Waals surface area (Å²) in [7, 11) is 0. The topological polar surface area (TPSA) is 108 Å². The molecule has 1 saturated carbocycles. The summed E-state index contributed by atoms with van der Waals surface area (Å²) in [5.74, 6) is 0.350. The number of nitrogens with zero attached hydrogens (tertiary/aromatic N) is 2. The lowest BCUT2D eigenvalue weighted by molar-refractivity contribution is -0.00715. The molecule has 1 atom stereocenters. The third-order valence-corrected chi connectivity index (χ3v) is 6.10. The summed E-state index contributed by atoms with van der Waals surface area (Å²) >= 11 is 0. The Balaban J connectivity index is 1.23. The van der Waals surface area contributed by atoms with Gasteiger partial charge in [-0.1, -0.05) is 0 Å². The lowest BCUT2D eigenvalue weighted by Gasteiger charge is -2.33. The van der Waals surface area contributed by atoms with Crippen LogP contribution in [0.1, 0.15) is 43.6 Å². The second kappa shape index (κ2) is 7.33. The highest BCUT2D eigenvalue weighted by Crippen LogP contribution is 2.59. The number of fused-ring (bicyclic) bond motifs is 1. The van der Waals surface area contributed by atoms with Crippen molar-refractivity contribution in [3.05, 3.63) is 30.2 Å². The highest BCUT2D eigenvalue weighted by Gasteiger charge is 2.55. The van der Waals surface area contributed by atoms with E-state index < -0.39 is 5.60 Å². The van der Waals surface area contributed by atoms with Gasteiger partial charge in [-0.05, 0) is 56.6 Å². The Kier molecular flexibility index (Phi) is 4.98. The van der Waals surface area contributed by atoms with Gasteiger partial charge in [0, 0.05) is 42.9 Å². The van der Waals surface area contributed by atoms with E-state index in [0.717, 1.165) is 30.2 Å². The molecule has 156 valence electrons. The molecule has 1 spiro atoms. The van der Waals surface area contributed by atoms with Gasteiger partial charge in [0.15, 0.2) is 0 Å². The number of aromatic amines is 1. The quantitative estimate of drug-likeness (QED) is 0.714. The second-order valence-electron chi connectivity index (χ2n) is 8.97. The minimum Gasteiger partial charge on any atom is -0.446 e. The van der Waals surface area contributed by atoms with Gasteiger partial charge in [-0.15, -0.1) is 0 Å². The molecule has 8 nitrogen and oxygen atoms in total. The van der Waals surface area contributed by atoms with E-state index in [1.54, 1.807) is 31.1 Å². The van der Waals surface area contributed by atoms with Crippen molar-refractivity contribution in [3.8, 4) is 0 Å². The minimum absolute atomic E-state index is 0.00799. The zero-order valence-electron chi connectivity index (χ0n) is 16.9. The number of pyridine rings is 1. The predicted molar refractivity (Wildman–Crippen MR) is 107 cm³/mol. The van der Waals surface area contributed by atoms with Gasteiger partial charge in [-0.3, -0.25) is 9.78 Å². The molecule has 3 heterocycles. The summed E-state index contributed by atoms with van der Waals surface area (Å²) in [6.45, 7) is 5.18. The summed E-state index contributed by atoms with van der Waals surface area (Å²) in [6.07, 6.45) is 5.99. The maximum Gasteiger partial charge on any atom is 0.409 e. The molecule has 4 rings (SSSR count). The number of nitrogens with one attached hydrogen (secondary N) is 2. The zero-order valence-corrected chi connectivity index (χ0v) is 16.9. The van der Waals surface area contributed by atoms with Crippen molar-refractivity contribution in [2.75, 3.05) is 26.2 Å². The molecule has 2 aromatic heterocycles. The number of carbonyl (C=O) groups is 2. The van der Waals surface area contributed by atoms with E-state index in [1.165, 1.54) is 0 Å². The Hall–Kier alpha value is -2.61. The molecule has 29 heavy (non-hydrogen) atoms. The number of aliphatic hydroxyl groups is 1. The van der Waals surface area contributed by atoms with E-state index >= 15 is 0 Å². The predicted octanol–water partition coefficient (Wildman–Crippen LogP) is 2.30. The fraction of sp³-hybridized carbons (Fsp3) is 0.571. The number of ether oxygens (including phenoxy) is 1. The van der Waals surface area contributed by atoms with Crippen molar-refractivity contribution in [2.24, 2.45) is 11.3 Å². The Morgan fingerprint density at radius 1 is 1.41 bits per heavy atom. The smallest absolute Gasteiger partial charge is 0.409 e. The molecular formula is C21H28N4O4. The number of likely N-dealkylation sites (tertiary alicyclic amines) is 1. The Morgan fingerprint density at radius 2 is 2.17 bits per heavy atom. The Morgan fingerprint density at radius 3 is 2.86 bits per heavy atom. The van der Waals surface area contributed by atoms with Crippen LogP contribution in [0.5, 0.6) is 0 Å². The maximum absolute atomic E-state index is 12.5. The molecule has 2 aromatic rings. The van der Waals surface area contributed by atoms with Gasteiger partial charge in [0.2, 0.25) is 0 Å². The van der Waals surface area contributed by atoms with Crippen molar-refractivity contribution in [3.63, 3.8) is 0 Å². The van der Waals surface area contributed by atoms with Gasteiger partial charge in [-0.2, -0.15) is 0 Å². The number of amides is 2. The first kappa shape index (κ1) is 19.7. The summed E-state index contributed by atoms with van der Waals surface area (Å²) in [4.78, 5) is 33.5. The molecule has 1 saturated heterocycles. The monoisotopic (exact) mass is 400 g/mol. The molecule has 0 radical (unpaired) electrons. The van der Waals surface area contributed by atoms with E-state index in [4.69, 9.17) is 4.74 Å². The van der Waals surface area contributed by atoms with Crippen LogP contribution in [0, 0.1) is 11.3 Å².